The highest BCUT2D eigenvalue weighted by molar-refractivity contribution is 5.93. The number of ether oxygens (including phenoxy) is 1. The fourth-order valence-electron chi connectivity index (χ4n) is 1.80. The number of nitrogens with zero attached hydrogens (tertiary/aromatic N) is 1. The second-order valence-electron chi connectivity index (χ2n) is 4.03. The van der Waals surface area contributed by atoms with Crippen molar-refractivity contribution >= 4 is 17.3 Å². The van der Waals surface area contributed by atoms with Crippen LogP contribution in [0.4, 0.5) is 11.4 Å². The van der Waals surface area contributed by atoms with Gasteiger partial charge >= 0.3 is 0 Å². The minimum Gasteiger partial charge on any atom is -0.399 e. The van der Waals surface area contributed by atoms with Crippen molar-refractivity contribution < 1.29 is 9.53 Å². The highest BCUT2D eigenvalue weighted by atomic mass is 16.5. The van der Waals surface area contributed by atoms with E-state index < -0.39 is 0 Å². The predicted molar refractivity (Wildman–Crippen MR) is 74.6 cm³/mol. The van der Waals surface area contributed by atoms with Crippen molar-refractivity contribution in [1.82, 2.24) is 0 Å². The Labute approximate surface area is 109 Å². The minimum atomic E-state index is 0.114. The number of nitrogens with two attached hydrogens (primary N) is 1. The van der Waals surface area contributed by atoms with E-state index in [0.717, 1.165) is 12.1 Å². The van der Waals surface area contributed by atoms with Gasteiger partial charge in [-0.15, -0.1) is 0 Å². The number of benzene rings is 1. The maximum atomic E-state index is 12.1. The van der Waals surface area contributed by atoms with Crippen LogP contribution in [0, 0.1) is 0 Å². The van der Waals surface area contributed by atoms with Gasteiger partial charge in [0.15, 0.2) is 0 Å². The summed E-state index contributed by atoms with van der Waals surface area (Å²) >= 11 is 0. The van der Waals surface area contributed by atoms with Crippen LogP contribution in [0.15, 0.2) is 24.3 Å². The molecule has 0 unspecified atom stereocenters. The Morgan fingerprint density at radius 1 is 1.39 bits per heavy atom. The van der Waals surface area contributed by atoms with Crippen LogP contribution in [-0.2, 0) is 9.53 Å². The van der Waals surface area contributed by atoms with Crippen LogP contribution in [0.2, 0.25) is 0 Å². The maximum absolute atomic E-state index is 12.1. The standard InChI is InChI=1S/C14H22N2O2/c1-3-16(13-8-5-7-12(15)11-13)14(17)9-6-10-18-4-2/h5,7-8,11H,3-4,6,9-10,15H2,1-2H3. The highest BCUT2D eigenvalue weighted by Gasteiger charge is 2.13. The number of hydrogen-bond donors (Lipinski definition) is 1. The van der Waals surface area contributed by atoms with Gasteiger partial charge in [0.25, 0.3) is 0 Å². The quantitative estimate of drug-likeness (QED) is 0.597. The molecule has 1 aromatic rings. The zero-order valence-electron chi connectivity index (χ0n) is 11.2. The van der Waals surface area contributed by atoms with Gasteiger partial charge in [0.05, 0.1) is 0 Å². The molecule has 4 nitrogen and oxygen atoms in total. The first-order valence-electron chi connectivity index (χ1n) is 6.42. The summed E-state index contributed by atoms with van der Waals surface area (Å²) < 4.78 is 5.23. The molecule has 1 rings (SSSR count). The summed E-state index contributed by atoms with van der Waals surface area (Å²) in [6, 6.07) is 7.40. The number of nitrogen functional groups attached to an aromatic ring is 1. The molecule has 1 aromatic carbocycles. The molecule has 0 saturated heterocycles. The van der Waals surface area contributed by atoms with E-state index in [0.29, 0.717) is 31.9 Å². The van der Waals surface area contributed by atoms with Gasteiger partial charge < -0.3 is 15.4 Å². The Hall–Kier alpha value is -1.55. The number of rotatable bonds is 7. The van der Waals surface area contributed by atoms with Crippen LogP contribution in [0.5, 0.6) is 0 Å². The molecule has 0 spiro atoms. The first-order chi connectivity index (χ1) is 8.69. The zero-order valence-corrected chi connectivity index (χ0v) is 11.2. The van der Waals surface area contributed by atoms with Crippen LogP contribution < -0.4 is 10.6 Å². The summed E-state index contributed by atoms with van der Waals surface area (Å²) in [5, 5.41) is 0. The second-order valence-corrected chi connectivity index (χ2v) is 4.03. The van der Waals surface area contributed by atoms with Crippen LogP contribution in [-0.4, -0.2) is 25.7 Å². The van der Waals surface area contributed by atoms with E-state index in [1.54, 1.807) is 4.90 Å². The number of carbonyl (C=O) groups excluding carboxylic acids is 1. The zero-order chi connectivity index (χ0) is 13.4. The van der Waals surface area contributed by atoms with Gasteiger partial charge in [0, 0.05) is 37.6 Å². The van der Waals surface area contributed by atoms with Gasteiger partial charge in [-0.3, -0.25) is 4.79 Å². The minimum absolute atomic E-state index is 0.114. The molecule has 1 amide bonds. The summed E-state index contributed by atoms with van der Waals surface area (Å²) in [6.45, 7) is 5.89. The molecule has 0 atom stereocenters. The van der Waals surface area contributed by atoms with Gasteiger partial charge in [-0.05, 0) is 38.5 Å². The van der Waals surface area contributed by atoms with Crippen molar-refractivity contribution in [3.63, 3.8) is 0 Å². The molecule has 100 valence electrons. The second kappa shape index (κ2) is 7.71. The molecular weight excluding hydrogens is 228 g/mol. The lowest BCUT2D eigenvalue weighted by Gasteiger charge is -2.21. The molecule has 0 aliphatic carbocycles. The Balaban J connectivity index is 2.57. The van der Waals surface area contributed by atoms with Gasteiger partial charge in [0.2, 0.25) is 5.91 Å². The largest absolute Gasteiger partial charge is 0.399 e. The molecule has 0 aromatic heterocycles. The van der Waals surface area contributed by atoms with E-state index in [-0.39, 0.29) is 5.91 Å². The van der Waals surface area contributed by atoms with Crippen molar-refractivity contribution in [3.05, 3.63) is 24.3 Å². The first kappa shape index (κ1) is 14.5. The Morgan fingerprint density at radius 2 is 2.17 bits per heavy atom. The maximum Gasteiger partial charge on any atom is 0.227 e. The van der Waals surface area contributed by atoms with Gasteiger partial charge in [-0.25, -0.2) is 0 Å². The third kappa shape index (κ3) is 4.37. The normalized spacial score (nSPS) is 10.3. The van der Waals surface area contributed by atoms with Crippen molar-refractivity contribution in [2.45, 2.75) is 26.7 Å². The molecule has 18 heavy (non-hydrogen) atoms. The number of amides is 1. The summed E-state index contributed by atoms with van der Waals surface area (Å²) in [6.07, 6.45) is 1.26. The molecular formula is C14H22N2O2. The van der Waals surface area contributed by atoms with E-state index in [4.69, 9.17) is 10.5 Å². The third-order valence-corrected chi connectivity index (χ3v) is 2.68. The smallest absolute Gasteiger partial charge is 0.227 e. The summed E-state index contributed by atoms with van der Waals surface area (Å²) in [5.41, 5.74) is 7.27. The van der Waals surface area contributed by atoms with E-state index in [9.17, 15) is 4.79 Å². The van der Waals surface area contributed by atoms with E-state index >= 15 is 0 Å². The van der Waals surface area contributed by atoms with E-state index in [2.05, 4.69) is 0 Å². The van der Waals surface area contributed by atoms with Crippen molar-refractivity contribution in [2.24, 2.45) is 0 Å². The number of carbonyl (C=O) groups is 1. The molecule has 0 bridgehead atoms. The van der Waals surface area contributed by atoms with Gasteiger partial charge in [-0.1, -0.05) is 6.07 Å². The van der Waals surface area contributed by atoms with Gasteiger partial charge in [0.1, 0.15) is 0 Å². The average Bonchev–Trinajstić information content (AvgIpc) is 2.36. The monoisotopic (exact) mass is 250 g/mol. The lowest BCUT2D eigenvalue weighted by molar-refractivity contribution is -0.118. The number of anilines is 2. The Kier molecular flexibility index (Phi) is 6.22. The van der Waals surface area contributed by atoms with E-state index in [1.165, 1.54) is 0 Å². The summed E-state index contributed by atoms with van der Waals surface area (Å²) in [5.74, 6) is 0.114. The molecule has 0 radical (unpaired) electrons. The Morgan fingerprint density at radius 3 is 2.78 bits per heavy atom. The molecule has 0 heterocycles. The van der Waals surface area contributed by atoms with Crippen molar-refractivity contribution in [2.75, 3.05) is 30.4 Å². The molecule has 0 aliphatic heterocycles. The van der Waals surface area contributed by atoms with Crippen LogP contribution in [0.1, 0.15) is 26.7 Å². The predicted octanol–water partition coefficient (Wildman–Crippen LogP) is 2.44. The molecule has 2 N–H and O–H groups in total. The SMILES string of the molecule is CCOCCCC(=O)N(CC)c1cccc(N)c1. The third-order valence-electron chi connectivity index (χ3n) is 2.68. The fourth-order valence-corrected chi connectivity index (χ4v) is 1.80. The first-order valence-corrected chi connectivity index (χ1v) is 6.42. The molecule has 4 heteroatoms. The van der Waals surface area contributed by atoms with Gasteiger partial charge in [-0.2, -0.15) is 0 Å². The lowest BCUT2D eigenvalue weighted by Crippen LogP contribution is -2.30. The molecule has 0 fully saturated rings. The van der Waals surface area contributed by atoms with E-state index in [1.807, 2.05) is 38.1 Å². The lowest BCUT2D eigenvalue weighted by atomic mass is 10.2. The average molecular weight is 250 g/mol. The summed E-state index contributed by atoms with van der Waals surface area (Å²) in [4.78, 5) is 13.8. The topological polar surface area (TPSA) is 55.6 Å². The Bertz CT molecular complexity index is 380. The molecule has 0 saturated carbocycles. The van der Waals surface area contributed by atoms with Crippen molar-refractivity contribution in [1.29, 1.82) is 0 Å². The fraction of sp³-hybridized carbons (Fsp3) is 0.500. The van der Waals surface area contributed by atoms with Crippen LogP contribution in [0.3, 0.4) is 0 Å². The van der Waals surface area contributed by atoms with Crippen molar-refractivity contribution in [3.8, 4) is 0 Å². The van der Waals surface area contributed by atoms with Crippen LogP contribution in [0.25, 0.3) is 0 Å². The van der Waals surface area contributed by atoms with Crippen LogP contribution >= 0.6 is 0 Å². The summed E-state index contributed by atoms with van der Waals surface area (Å²) in [7, 11) is 0. The number of hydrogen-bond acceptors (Lipinski definition) is 3. The molecule has 0 aliphatic rings. The highest BCUT2D eigenvalue weighted by Crippen LogP contribution is 2.18.